The van der Waals surface area contributed by atoms with E-state index in [-0.39, 0.29) is 0 Å². The predicted molar refractivity (Wildman–Crippen MR) is 60.0 cm³/mol. The third-order valence-electron chi connectivity index (χ3n) is 2.27. The fourth-order valence-corrected chi connectivity index (χ4v) is 1.78. The van der Waals surface area contributed by atoms with Gasteiger partial charge in [0.25, 0.3) is 5.17 Å². The van der Waals surface area contributed by atoms with Crippen molar-refractivity contribution >= 4 is 17.4 Å². The lowest BCUT2D eigenvalue weighted by Crippen LogP contribution is -2.36. The van der Waals surface area contributed by atoms with Crippen molar-refractivity contribution in [2.45, 2.75) is 13.0 Å². The van der Waals surface area contributed by atoms with Crippen LogP contribution in [0.2, 0.25) is 0 Å². The Morgan fingerprint density at radius 2 is 2.07 bits per heavy atom. The molecule has 0 bridgehead atoms. The second kappa shape index (κ2) is 4.42. The molecule has 74 valence electrons. The van der Waals surface area contributed by atoms with Crippen LogP contribution in [0.15, 0.2) is 30.3 Å². The van der Waals surface area contributed by atoms with Gasteiger partial charge >= 0.3 is 0 Å². The average molecular weight is 207 g/mol. The molecule has 1 fully saturated rings. The van der Waals surface area contributed by atoms with Crippen LogP contribution in [0.3, 0.4) is 0 Å². The van der Waals surface area contributed by atoms with Gasteiger partial charge in [0.1, 0.15) is 0 Å². The molecule has 3 heteroatoms. The van der Waals surface area contributed by atoms with Gasteiger partial charge in [-0.05, 0) is 24.2 Å². The highest BCUT2D eigenvalue weighted by molar-refractivity contribution is 7.80. The number of hydrogen-bond donors (Lipinski definition) is 0. The third-order valence-corrected chi connectivity index (χ3v) is 2.65. The van der Waals surface area contributed by atoms with Crippen LogP contribution in [-0.2, 0) is 11.3 Å². The van der Waals surface area contributed by atoms with Crippen LogP contribution < -0.4 is 0 Å². The van der Waals surface area contributed by atoms with Gasteiger partial charge < -0.3 is 9.64 Å². The Hall–Kier alpha value is -1.09. The van der Waals surface area contributed by atoms with E-state index in [0.717, 1.165) is 26.1 Å². The summed E-state index contributed by atoms with van der Waals surface area (Å²) in [5, 5.41) is 0.639. The topological polar surface area (TPSA) is 12.5 Å². The fraction of sp³-hybridized carbons (Fsp3) is 0.364. The Morgan fingerprint density at radius 1 is 1.29 bits per heavy atom. The molecule has 1 heterocycles. The molecule has 1 aliphatic rings. The molecule has 2 rings (SSSR count). The first-order chi connectivity index (χ1) is 6.86. The zero-order valence-electron chi connectivity index (χ0n) is 7.98. The summed E-state index contributed by atoms with van der Waals surface area (Å²) in [6.45, 7) is 2.64. The minimum Gasteiger partial charge on any atom is -0.471 e. The maximum absolute atomic E-state index is 5.32. The lowest BCUT2D eigenvalue weighted by molar-refractivity contribution is 0.181. The van der Waals surface area contributed by atoms with Crippen molar-refractivity contribution in [3.8, 4) is 0 Å². The van der Waals surface area contributed by atoms with E-state index in [1.54, 1.807) is 0 Å². The van der Waals surface area contributed by atoms with Gasteiger partial charge in [-0.1, -0.05) is 30.3 Å². The molecule has 1 aromatic rings. The van der Waals surface area contributed by atoms with Gasteiger partial charge in [-0.2, -0.15) is 0 Å². The minimum atomic E-state index is 0.639. The van der Waals surface area contributed by atoms with Crippen LogP contribution in [0.4, 0.5) is 0 Å². The van der Waals surface area contributed by atoms with E-state index in [1.807, 2.05) is 18.2 Å². The average Bonchev–Trinajstić information content (AvgIpc) is 2.23. The van der Waals surface area contributed by atoms with Gasteiger partial charge in [0.2, 0.25) is 0 Å². The molecule has 0 radical (unpaired) electrons. The first kappa shape index (κ1) is 9.46. The molecule has 0 N–H and O–H groups in total. The second-order valence-electron chi connectivity index (χ2n) is 3.38. The molecular formula is C11H13NOS. The summed E-state index contributed by atoms with van der Waals surface area (Å²) in [4.78, 5) is 2.11. The highest BCUT2D eigenvalue weighted by Gasteiger charge is 2.15. The van der Waals surface area contributed by atoms with E-state index < -0.39 is 0 Å². The molecule has 0 aliphatic carbocycles. The van der Waals surface area contributed by atoms with Crippen molar-refractivity contribution in [1.29, 1.82) is 0 Å². The Bertz CT molecular complexity index is 312. The summed E-state index contributed by atoms with van der Waals surface area (Å²) >= 11 is 5.13. The van der Waals surface area contributed by atoms with E-state index >= 15 is 0 Å². The normalized spacial score (nSPS) is 16.6. The molecule has 0 amide bonds. The smallest absolute Gasteiger partial charge is 0.259 e. The zero-order chi connectivity index (χ0) is 9.80. The molecule has 2 nitrogen and oxygen atoms in total. The summed E-state index contributed by atoms with van der Waals surface area (Å²) in [6.07, 6.45) is 1.06. The lowest BCUT2D eigenvalue weighted by atomic mass is 10.2. The fourth-order valence-electron chi connectivity index (χ4n) is 1.54. The molecule has 0 saturated carbocycles. The lowest BCUT2D eigenvalue weighted by Gasteiger charge is -2.29. The van der Waals surface area contributed by atoms with Crippen molar-refractivity contribution in [2.75, 3.05) is 13.2 Å². The Kier molecular flexibility index (Phi) is 2.99. The second-order valence-corrected chi connectivity index (χ2v) is 3.72. The van der Waals surface area contributed by atoms with Crippen molar-refractivity contribution in [2.24, 2.45) is 0 Å². The standard InChI is InChI=1S/C11H13NOS/c14-11-12(7-4-8-13-11)9-10-5-2-1-3-6-10/h1-3,5-6H,4,7-9H2. The molecule has 0 spiro atoms. The number of hydrogen-bond acceptors (Lipinski definition) is 2. The van der Waals surface area contributed by atoms with Gasteiger partial charge in [0.15, 0.2) is 0 Å². The molecule has 1 aromatic carbocycles. The van der Waals surface area contributed by atoms with Crippen LogP contribution in [0.5, 0.6) is 0 Å². The summed E-state index contributed by atoms with van der Waals surface area (Å²) < 4.78 is 5.32. The summed E-state index contributed by atoms with van der Waals surface area (Å²) in [5.41, 5.74) is 1.28. The van der Waals surface area contributed by atoms with Crippen LogP contribution in [-0.4, -0.2) is 23.2 Å². The Balaban J connectivity index is 2.00. The quantitative estimate of drug-likeness (QED) is 0.690. The number of nitrogens with zero attached hydrogens (tertiary/aromatic N) is 1. The largest absolute Gasteiger partial charge is 0.471 e. The van der Waals surface area contributed by atoms with Gasteiger partial charge in [0.05, 0.1) is 6.61 Å². The van der Waals surface area contributed by atoms with E-state index in [9.17, 15) is 0 Å². The van der Waals surface area contributed by atoms with Crippen LogP contribution in [0.1, 0.15) is 12.0 Å². The highest BCUT2D eigenvalue weighted by atomic mass is 32.1. The number of rotatable bonds is 2. The van der Waals surface area contributed by atoms with Gasteiger partial charge in [-0.15, -0.1) is 0 Å². The molecule has 1 aliphatic heterocycles. The van der Waals surface area contributed by atoms with E-state index in [4.69, 9.17) is 17.0 Å². The predicted octanol–water partition coefficient (Wildman–Crippen LogP) is 2.19. The Labute approximate surface area is 89.5 Å². The highest BCUT2D eigenvalue weighted by Crippen LogP contribution is 2.10. The first-order valence-corrected chi connectivity index (χ1v) is 5.23. The number of benzene rings is 1. The third kappa shape index (κ3) is 2.23. The van der Waals surface area contributed by atoms with E-state index in [0.29, 0.717) is 5.17 Å². The van der Waals surface area contributed by atoms with Gasteiger partial charge in [-0.25, -0.2) is 0 Å². The van der Waals surface area contributed by atoms with Gasteiger partial charge in [0, 0.05) is 13.1 Å². The van der Waals surface area contributed by atoms with E-state index in [1.165, 1.54) is 5.56 Å². The molecule has 1 saturated heterocycles. The summed E-state index contributed by atoms with van der Waals surface area (Å²) in [5.74, 6) is 0. The van der Waals surface area contributed by atoms with Crippen LogP contribution in [0.25, 0.3) is 0 Å². The van der Waals surface area contributed by atoms with Gasteiger partial charge in [-0.3, -0.25) is 0 Å². The minimum absolute atomic E-state index is 0.639. The maximum atomic E-state index is 5.32. The SMILES string of the molecule is S=C1OCCCN1Cc1ccccc1. The molecule has 0 aromatic heterocycles. The summed E-state index contributed by atoms with van der Waals surface area (Å²) in [6, 6.07) is 10.3. The zero-order valence-corrected chi connectivity index (χ0v) is 8.80. The van der Waals surface area contributed by atoms with Crippen molar-refractivity contribution in [3.05, 3.63) is 35.9 Å². The van der Waals surface area contributed by atoms with Crippen molar-refractivity contribution in [1.82, 2.24) is 4.90 Å². The number of ether oxygens (including phenoxy) is 1. The Morgan fingerprint density at radius 3 is 2.79 bits per heavy atom. The van der Waals surface area contributed by atoms with Crippen LogP contribution in [0, 0.1) is 0 Å². The molecule has 0 atom stereocenters. The van der Waals surface area contributed by atoms with E-state index in [2.05, 4.69) is 17.0 Å². The van der Waals surface area contributed by atoms with Crippen molar-refractivity contribution in [3.63, 3.8) is 0 Å². The molecule has 0 unspecified atom stereocenters. The number of thiocarbonyl (C=S) groups is 1. The summed E-state index contributed by atoms with van der Waals surface area (Å²) in [7, 11) is 0. The molecular weight excluding hydrogens is 194 g/mol. The van der Waals surface area contributed by atoms with Crippen LogP contribution >= 0.6 is 12.2 Å². The molecule has 14 heavy (non-hydrogen) atoms. The monoisotopic (exact) mass is 207 g/mol. The van der Waals surface area contributed by atoms with Crippen molar-refractivity contribution < 1.29 is 4.74 Å². The maximum Gasteiger partial charge on any atom is 0.259 e. The first-order valence-electron chi connectivity index (χ1n) is 4.82.